The predicted molar refractivity (Wildman–Crippen MR) is 70.1 cm³/mol. The zero-order chi connectivity index (χ0) is 13.3. The zero-order valence-electron chi connectivity index (χ0n) is 10.7. The Hall–Kier alpha value is -0.330. The van der Waals surface area contributed by atoms with Crippen LogP contribution < -0.4 is 10.6 Å². The first-order valence-electron chi connectivity index (χ1n) is 5.91. The van der Waals surface area contributed by atoms with Crippen molar-refractivity contribution in [2.24, 2.45) is 0 Å². The molecule has 0 radical (unpaired) electrons. The smallest absolute Gasteiger partial charge is 0.219 e. The summed E-state index contributed by atoms with van der Waals surface area (Å²) in [6, 6.07) is 0. The number of alkyl halides is 1. The Balaban J connectivity index is 3.59. The van der Waals surface area contributed by atoms with E-state index < -0.39 is 12.3 Å². The molecule has 3 unspecified atom stereocenters. The van der Waals surface area contributed by atoms with Gasteiger partial charge in [0.05, 0.1) is 19.3 Å². The molecule has 0 aliphatic rings. The van der Waals surface area contributed by atoms with Gasteiger partial charge in [0.2, 0.25) is 5.91 Å². The zero-order valence-corrected chi connectivity index (χ0v) is 11.6. The Morgan fingerprint density at radius 1 is 1.47 bits per heavy atom. The van der Waals surface area contributed by atoms with Crippen LogP contribution in [0.3, 0.4) is 0 Å². The van der Waals surface area contributed by atoms with E-state index in [9.17, 15) is 9.18 Å². The number of amides is 1. The molecule has 0 spiro atoms. The van der Waals surface area contributed by atoms with Crippen molar-refractivity contribution < 1.29 is 13.9 Å². The molecule has 0 heterocycles. The van der Waals surface area contributed by atoms with Crippen LogP contribution in [0.1, 0.15) is 27.2 Å². The summed E-state index contributed by atoms with van der Waals surface area (Å²) in [5.41, 5.74) is 0. The van der Waals surface area contributed by atoms with E-state index in [1.807, 2.05) is 6.92 Å². The van der Waals surface area contributed by atoms with E-state index in [1.54, 1.807) is 13.8 Å². The van der Waals surface area contributed by atoms with E-state index in [1.165, 1.54) is 0 Å². The highest BCUT2D eigenvalue weighted by Crippen LogP contribution is 2.02. The highest BCUT2D eigenvalue weighted by Gasteiger charge is 2.17. The fourth-order valence-electron chi connectivity index (χ4n) is 1.12. The third-order valence-corrected chi connectivity index (χ3v) is 2.43. The van der Waals surface area contributed by atoms with E-state index in [-0.39, 0.29) is 17.8 Å². The molecule has 0 bridgehead atoms. The average Bonchev–Trinajstić information content (AvgIpc) is 2.30. The number of thiol groups is 1. The molecule has 0 rings (SSSR count). The van der Waals surface area contributed by atoms with E-state index in [0.717, 1.165) is 0 Å². The largest absolute Gasteiger partial charge is 0.374 e. The summed E-state index contributed by atoms with van der Waals surface area (Å²) in [7, 11) is 0. The minimum atomic E-state index is -1.18. The van der Waals surface area contributed by atoms with E-state index in [4.69, 9.17) is 4.74 Å². The van der Waals surface area contributed by atoms with Gasteiger partial charge in [-0.3, -0.25) is 4.79 Å². The van der Waals surface area contributed by atoms with Gasteiger partial charge in [-0.25, -0.2) is 4.39 Å². The Bertz CT molecular complexity index is 218. The van der Waals surface area contributed by atoms with E-state index in [2.05, 4.69) is 23.3 Å². The molecule has 0 saturated carbocycles. The molecule has 0 aliphatic carbocycles. The van der Waals surface area contributed by atoms with Crippen molar-refractivity contribution in [2.45, 2.75) is 44.8 Å². The van der Waals surface area contributed by atoms with E-state index in [0.29, 0.717) is 19.6 Å². The molecule has 0 aliphatic heterocycles. The van der Waals surface area contributed by atoms with Crippen molar-refractivity contribution >= 4 is 18.5 Å². The molecule has 2 N–H and O–H groups in total. The first-order chi connectivity index (χ1) is 7.97. The third kappa shape index (κ3) is 9.38. The van der Waals surface area contributed by atoms with Crippen LogP contribution in [0.25, 0.3) is 0 Å². The molecule has 0 aromatic rings. The fourth-order valence-corrected chi connectivity index (χ4v) is 1.25. The minimum absolute atomic E-state index is 0.00421. The Kier molecular flexibility index (Phi) is 9.49. The third-order valence-electron chi connectivity index (χ3n) is 2.25. The molecular weight excluding hydrogens is 243 g/mol. The maximum atomic E-state index is 13.5. The SMILES string of the molecule is CCC(=O)NCC(F)C(C)OCCNC(C)S. The van der Waals surface area contributed by atoms with Gasteiger partial charge >= 0.3 is 0 Å². The van der Waals surface area contributed by atoms with Gasteiger partial charge < -0.3 is 15.4 Å². The van der Waals surface area contributed by atoms with Crippen molar-refractivity contribution in [2.75, 3.05) is 19.7 Å². The molecule has 0 fully saturated rings. The topological polar surface area (TPSA) is 50.4 Å². The number of nitrogens with one attached hydrogen (secondary N) is 2. The number of hydrogen-bond donors (Lipinski definition) is 3. The van der Waals surface area contributed by atoms with Gasteiger partial charge in [0, 0.05) is 18.3 Å². The van der Waals surface area contributed by atoms with Crippen molar-refractivity contribution in [1.82, 2.24) is 10.6 Å². The lowest BCUT2D eigenvalue weighted by atomic mass is 10.2. The van der Waals surface area contributed by atoms with Crippen molar-refractivity contribution in [3.05, 3.63) is 0 Å². The summed E-state index contributed by atoms with van der Waals surface area (Å²) in [6.45, 7) is 6.35. The van der Waals surface area contributed by atoms with Crippen LogP contribution in [0.15, 0.2) is 0 Å². The normalized spacial score (nSPS) is 16.3. The summed E-state index contributed by atoms with van der Waals surface area (Å²) < 4.78 is 18.8. The molecule has 4 nitrogen and oxygen atoms in total. The maximum absolute atomic E-state index is 13.5. The van der Waals surface area contributed by atoms with Crippen LogP contribution in [-0.2, 0) is 9.53 Å². The summed E-state index contributed by atoms with van der Waals surface area (Å²) >= 11 is 4.14. The van der Waals surface area contributed by atoms with Gasteiger partial charge in [0.25, 0.3) is 0 Å². The standard InChI is InChI=1S/C11H23FN2O2S/c1-4-11(15)14-7-10(12)8(2)16-6-5-13-9(3)17/h8-10,13,17H,4-7H2,1-3H3,(H,14,15). The van der Waals surface area contributed by atoms with Gasteiger partial charge in [0.1, 0.15) is 6.17 Å². The maximum Gasteiger partial charge on any atom is 0.219 e. The molecule has 1 amide bonds. The molecule has 3 atom stereocenters. The molecule has 6 heteroatoms. The number of carbonyl (C=O) groups is 1. The minimum Gasteiger partial charge on any atom is -0.374 e. The van der Waals surface area contributed by atoms with Crippen LogP contribution in [0.2, 0.25) is 0 Å². The fraction of sp³-hybridized carbons (Fsp3) is 0.909. The van der Waals surface area contributed by atoms with Gasteiger partial charge in [-0.1, -0.05) is 6.92 Å². The second kappa shape index (κ2) is 9.67. The van der Waals surface area contributed by atoms with Crippen molar-refractivity contribution in [1.29, 1.82) is 0 Å². The number of hydrogen-bond acceptors (Lipinski definition) is 4. The Labute approximate surface area is 108 Å². The highest BCUT2D eigenvalue weighted by atomic mass is 32.1. The first kappa shape index (κ1) is 16.7. The lowest BCUT2D eigenvalue weighted by Crippen LogP contribution is -2.37. The van der Waals surface area contributed by atoms with Crippen LogP contribution >= 0.6 is 12.6 Å². The second-order valence-corrected chi connectivity index (χ2v) is 4.65. The molecule has 0 aromatic heterocycles. The monoisotopic (exact) mass is 266 g/mol. The quantitative estimate of drug-likeness (QED) is 0.333. The molecule has 0 aromatic carbocycles. The number of halogens is 1. The highest BCUT2D eigenvalue weighted by molar-refractivity contribution is 7.80. The average molecular weight is 266 g/mol. The van der Waals surface area contributed by atoms with Crippen LogP contribution in [0, 0.1) is 0 Å². The summed E-state index contributed by atoms with van der Waals surface area (Å²) in [6.07, 6.45) is -1.34. The molecule has 0 saturated heterocycles. The number of carbonyl (C=O) groups excluding carboxylic acids is 1. The van der Waals surface area contributed by atoms with Crippen molar-refractivity contribution in [3.8, 4) is 0 Å². The molecule has 102 valence electrons. The van der Waals surface area contributed by atoms with Crippen LogP contribution in [0.4, 0.5) is 4.39 Å². The Morgan fingerprint density at radius 3 is 2.65 bits per heavy atom. The van der Waals surface area contributed by atoms with Gasteiger partial charge in [-0.15, -0.1) is 0 Å². The van der Waals surface area contributed by atoms with Gasteiger partial charge in [0.15, 0.2) is 0 Å². The van der Waals surface area contributed by atoms with Gasteiger partial charge in [-0.05, 0) is 13.8 Å². The molecule has 17 heavy (non-hydrogen) atoms. The van der Waals surface area contributed by atoms with Crippen LogP contribution in [0.5, 0.6) is 0 Å². The number of ether oxygens (including phenoxy) is 1. The summed E-state index contributed by atoms with van der Waals surface area (Å²) in [5, 5.41) is 5.64. The lowest BCUT2D eigenvalue weighted by Gasteiger charge is -2.18. The van der Waals surface area contributed by atoms with E-state index >= 15 is 0 Å². The lowest BCUT2D eigenvalue weighted by molar-refractivity contribution is -0.121. The Morgan fingerprint density at radius 2 is 2.12 bits per heavy atom. The molecular formula is C11H23FN2O2S. The summed E-state index contributed by atoms with van der Waals surface area (Å²) in [4.78, 5) is 10.9. The predicted octanol–water partition coefficient (Wildman–Crippen LogP) is 1.12. The van der Waals surface area contributed by atoms with Crippen molar-refractivity contribution in [3.63, 3.8) is 0 Å². The second-order valence-electron chi connectivity index (χ2n) is 3.88. The first-order valence-corrected chi connectivity index (χ1v) is 6.42. The van der Waals surface area contributed by atoms with Gasteiger partial charge in [-0.2, -0.15) is 12.6 Å². The number of rotatable bonds is 9. The summed E-state index contributed by atoms with van der Waals surface area (Å²) in [5.74, 6) is -0.148. The van der Waals surface area contributed by atoms with Crippen LogP contribution in [-0.4, -0.2) is 43.3 Å².